The van der Waals surface area contributed by atoms with Gasteiger partial charge in [-0.1, -0.05) is 34.6 Å². The lowest BCUT2D eigenvalue weighted by atomic mass is 9.72. The molecule has 0 fully saturated rings. The van der Waals surface area contributed by atoms with Crippen LogP contribution < -0.4 is 5.32 Å². The molecule has 0 heterocycles. The van der Waals surface area contributed by atoms with Gasteiger partial charge in [0.05, 0.1) is 11.7 Å². The Bertz CT molecular complexity index is 177. The van der Waals surface area contributed by atoms with Crippen LogP contribution in [-0.4, -0.2) is 35.0 Å². The zero-order chi connectivity index (χ0) is 12.1. The minimum absolute atomic E-state index is 0.199. The maximum atomic E-state index is 10.4. The molecule has 92 valence electrons. The highest BCUT2D eigenvalue weighted by Gasteiger charge is 2.39. The molecule has 0 aliphatic rings. The van der Waals surface area contributed by atoms with Gasteiger partial charge in [0, 0.05) is 13.0 Å². The Morgan fingerprint density at radius 2 is 1.73 bits per heavy atom. The molecular weight excluding hydrogens is 190 g/mol. The van der Waals surface area contributed by atoms with E-state index >= 15 is 0 Å². The van der Waals surface area contributed by atoms with Crippen LogP contribution in [0, 0.1) is 5.41 Å². The summed E-state index contributed by atoms with van der Waals surface area (Å²) < 4.78 is 0. The van der Waals surface area contributed by atoms with Crippen LogP contribution in [0.4, 0.5) is 0 Å². The molecule has 15 heavy (non-hydrogen) atoms. The van der Waals surface area contributed by atoms with Crippen LogP contribution >= 0.6 is 0 Å². The average molecular weight is 217 g/mol. The summed E-state index contributed by atoms with van der Waals surface area (Å²) in [5, 5.41) is 23.3. The lowest BCUT2D eigenvalue weighted by Crippen LogP contribution is -2.46. The van der Waals surface area contributed by atoms with Gasteiger partial charge in [-0.05, 0) is 18.4 Å². The summed E-state index contributed by atoms with van der Waals surface area (Å²) in [6, 6.07) is 0. The Morgan fingerprint density at radius 3 is 2.07 bits per heavy atom. The first kappa shape index (κ1) is 14.9. The zero-order valence-electron chi connectivity index (χ0n) is 10.8. The molecule has 2 unspecified atom stereocenters. The zero-order valence-corrected chi connectivity index (χ0v) is 10.8. The number of nitrogens with one attached hydrogen (secondary N) is 1. The largest absolute Gasteiger partial charge is 0.392 e. The molecule has 0 spiro atoms. The molecule has 0 aliphatic heterocycles. The lowest BCUT2D eigenvalue weighted by molar-refractivity contribution is -0.0908. The molecule has 2 atom stereocenters. The van der Waals surface area contributed by atoms with E-state index in [1.807, 2.05) is 34.6 Å². The van der Waals surface area contributed by atoms with Crippen molar-refractivity contribution in [3.05, 3.63) is 0 Å². The van der Waals surface area contributed by atoms with E-state index in [1.54, 1.807) is 0 Å². The molecule has 0 saturated carbocycles. The summed E-state index contributed by atoms with van der Waals surface area (Å²) in [5.41, 5.74) is -0.989. The summed E-state index contributed by atoms with van der Waals surface area (Å²) in [4.78, 5) is 0. The number of aliphatic hydroxyl groups excluding tert-OH is 1. The van der Waals surface area contributed by atoms with Gasteiger partial charge >= 0.3 is 0 Å². The van der Waals surface area contributed by atoms with Crippen LogP contribution in [-0.2, 0) is 0 Å². The van der Waals surface area contributed by atoms with Crippen molar-refractivity contribution in [3.8, 4) is 0 Å². The SMILES string of the molecule is CCNCC(O)CC(O)(CC)C(C)(C)C. The first-order chi connectivity index (χ1) is 6.77. The van der Waals surface area contributed by atoms with Crippen LogP contribution in [0.25, 0.3) is 0 Å². The van der Waals surface area contributed by atoms with Gasteiger partial charge in [-0.3, -0.25) is 0 Å². The summed E-state index contributed by atoms with van der Waals surface area (Å²) >= 11 is 0. The smallest absolute Gasteiger partial charge is 0.0718 e. The van der Waals surface area contributed by atoms with Gasteiger partial charge in [0.1, 0.15) is 0 Å². The predicted molar refractivity (Wildman–Crippen MR) is 63.9 cm³/mol. The van der Waals surface area contributed by atoms with Crippen molar-refractivity contribution in [1.82, 2.24) is 5.32 Å². The maximum Gasteiger partial charge on any atom is 0.0718 e. The Morgan fingerprint density at radius 1 is 1.20 bits per heavy atom. The molecular formula is C12H27NO2. The fourth-order valence-corrected chi connectivity index (χ4v) is 1.75. The molecule has 0 aromatic carbocycles. The van der Waals surface area contributed by atoms with Gasteiger partial charge in [0.15, 0.2) is 0 Å². The van der Waals surface area contributed by atoms with E-state index in [9.17, 15) is 10.2 Å². The van der Waals surface area contributed by atoms with E-state index < -0.39 is 11.7 Å². The third-order valence-electron chi connectivity index (χ3n) is 3.18. The van der Waals surface area contributed by atoms with Crippen LogP contribution in [0.2, 0.25) is 0 Å². The Kier molecular flexibility index (Phi) is 5.78. The van der Waals surface area contributed by atoms with Gasteiger partial charge in [-0.2, -0.15) is 0 Å². The first-order valence-electron chi connectivity index (χ1n) is 5.88. The molecule has 0 radical (unpaired) electrons. The van der Waals surface area contributed by atoms with Crippen molar-refractivity contribution in [2.24, 2.45) is 5.41 Å². The quantitative estimate of drug-likeness (QED) is 0.632. The molecule has 0 rings (SSSR count). The van der Waals surface area contributed by atoms with E-state index in [-0.39, 0.29) is 5.41 Å². The second kappa shape index (κ2) is 5.83. The molecule has 0 aliphatic carbocycles. The molecule has 3 N–H and O–H groups in total. The van der Waals surface area contributed by atoms with Crippen molar-refractivity contribution in [1.29, 1.82) is 0 Å². The summed E-state index contributed by atoms with van der Waals surface area (Å²) in [5.74, 6) is 0. The Hall–Kier alpha value is -0.120. The summed E-state index contributed by atoms with van der Waals surface area (Å²) in [6.07, 6.45) is 0.619. The molecule has 0 aromatic heterocycles. The van der Waals surface area contributed by atoms with Crippen LogP contribution in [0.3, 0.4) is 0 Å². The number of hydrogen-bond acceptors (Lipinski definition) is 3. The van der Waals surface area contributed by atoms with Gasteiger partial charge in [-0.25, -0.2) is 0 Å². The third kappa shape index (κ3) is 4.49. The van der Waals surface area contributed by atoms with Crippen molar-refractivity contribution in [2.75, 3.05) is 13.1 Å². The van der Waals surface area contributed by atoms with Crippen molar-refractivity contribution < 1.29 is 10.2 Å². The molecule has 0 amide bonds. The van der Waals surface area contributed by atoms with Crippen LogP contribution in [0.5, 0.6) is 0 Å². The molecule has 3 nitrogen and oxygen atoms in total. The monoisotopic (exact) mass is 217 g/mol. The number of likely N-dealkylation sites (N-methyl/N-ethyl adjacent to an activating group) is 1. The summed E-state index contributed by atoms with van der Waals surface area (Å²) in [6.45, 7) is 11.4. The van der Waals surface area contributed by atoms with Crippen LogP contribution in [0.15, 0.2) is 0 Å². The van der Waals surface area contributed by atoms with Crippen molar-refractivity contribution in [2.45, 2.75) is 59.2 Å². The van der Waals surface area contributed by atoms with E-state index in [0.29, 0.717) is 19.4 Å². The molecule has 0 saturated heterocycles. The highest BCUT2D eigenvalue weighted by Crippen LogP contribution is 2.36. The fourth-order valence-electron chi connectivity index (χ4n) is 1.75. The number of aliphatic hydroxyl groups is 2. The van der Waals surface area contributed by atoms with Crippen LogP contribution in [0.1, 0.15) is 47.5 Å². The third-order valence-corrected chi connectivity index (χ3v) is 3.18. The topological polar surface area (TPSA) is 52.5 Å². The Labute approximate surface area is 93.9 Å². The predicted octanol–water partition coefficient (Wildman–Crippen LogP) is 1.53. The van der Waals surface area contributed by atoms with E-state index in [0.717, 1.165) is 6.54 Å². The average Bonchev–Trinajstić information content (AvgIpc) is 2.12. The van der Waals surface area contributed by atoms with Crippen molar-refractivity contribution in [3.63, 3.8) is 0 Å². The van der Waals surface area contributed by atoms with E-state index in [1.165, 1.54) is 0 Å². The minimum atomic E-state index is -0.790. The van der Waals surface area contributed by atoms with Crippen molar-refractivity contribution >= 4 is 0 Å². The van der Waals surface area contributed by atoms with Gasteiger partial charge < -0.3 is 15.5 Å². The molecule has 3 heteroatoms. The summed E-state index contributed by atoms with van der Waals surface area (Å²) in [7, 11) is 0. The van der Waals surface area contributed by atoms with Gasteiger partial charge in [0.25, 0.3) is 0 Å². The standard InChI is InChI=1S/C12H27NO2/c1-6-12(15,11(3,4)5)8-10(14)9-13-7-2/h10,13-15H,6-9H2,1-5H3. The fraction of sp³-hybridized carbons (Fsp3) is 1.00. The van der Waals surface area contributed by atoms with Gasteiger partial charge in [-0.15, -0.1) is 0 Å². The highest BCUT2D eigenvalue weighted by molar-refractivity contribution is 4.91. The minimum Gasteiger partial charge on any atom is -0.392 e. The Balaban J connectivity index is 4.31. The first-order valence-corrected chi connectivity index (χ1v) is 5.88. The number of hydrogen-bond donors (Lipinski definition) is 3. The van der Waals surface area contributed by atoms with E-state index in [4.69, 9.17) is 0 Å². The van der Waals surface area contributed by atoms with E-state index in [2.05, 4.69) is 5.32 Å². The highest BCUT2D eigenvalue weighted by atomic mass is 16.3. The second-order valence-electron chi connectivity index (χ2n) is 5.30. The maximum absolute atomic E-state index is 10.4. The lowest BCUT2D eigenvalue weighted by Gasteiger charge is -2.41. The molecule has 0 bridgehead atoms. The molecule has 0 aromatic rings. The normalized spacial score (nSPS) is 18.6. The number of rotatable bonds is 6. The van der Waals surface area contributed by atoms with Gasteiger partial charge in [0.2, 0.25) is 0 Å². The second-order valence-corrected chi connectivity index (χ2v) is 5.30.